The molecule has 1 atom stereocenters. The van der Waals surface area contributed by atoms with Crippen molar-refractivity contribution in [2.75, 3.05) is 18.1 Å². The van der Waals surface area contributed by atoms with Crippen molar-refractivity contribution in [2.24, 2.45) is 0 Å². The molecule has 1 unspecified atom stereocenters. The second kappa shape index (κ2) is 10.3. The maximum atomic E-state index is 13.3. The van der Waals surface area contributed by atoms with Crippen molar-refractivity contribution >= 4 is 27.3 Å². The van der Waals surface area contributed by atoms with Crippen LogP contribution < -0.4 is 4.74 Å². The van der Waals surface area contributed by atoms with Crippen molar-refractivity contribution in [1.82, 2.24) is 4.90 Å². The van der Waals surface area contributed by atoms with Gasteiger partial charge in [-0.25, -0.2) is 8.42 Å². The van der Waals surface area contributed by atoms with Crippen molar-refractivity contribution in [1.29, 1.82) is 0 Å². The number of nitrogens with zero attached hydrogens (tertiary/aromatic N) is 1. The van der Waals surface area contributed by atoms with Crippen LogP contribution in [-0.4, -0.2) is 43.4 Å². The molecule has 1 fully saturated rings. The van der Waals surface area contributed by atoms with E-state index < -0.39 is 9.84 Å². The molecule has 1 aliphatic rings. The van der Waals surface area contributed by atoms with Crippen LogP contribution in [0.5, 0.6) is 5.75 Å². The molecular formula is C23H28ClNO4S. The van der Waals surface area contributed by atoms with Crippen LogP contribution in [0.1, 0.15) is 48.5 Å². The molecule has 0 N–H and O–H groups in total. The first-order chi connectivity index (χ1) is 14.4. The minimum atomic E-state index is -3.11. The summed E-state index contributed by atoms with van der Waals surface area (Å²) in [7, 11) is -3.11. The van der Waals surface area contributed by atoms with Crippen LogP contribution in [0.4, 0.5) is 0 Å². The molecular weight excluding hydrogens is 422 g/mol. The number of unbranched alkanes of at least 4 members (excludes halogenated alkanes) is 2. The van der Waals surface area contributed by atoms with Crippen molar-refractivity contribution in [2.45, 2.75) is 45.2 Å². The van der Waals surface area contributed by atoms with Gasteiger partial charge in [-0.15, -0.1) is 0 Å². The molecule has 2 aromatic carbocycles. The molecule has 1 aliphatic heterocycles. The number of carbonyl (C=O) groups is 1. The second-order valence-corrected chi connectivity index (χ2v) is 10.4. The van der Waals surface area contributed by atoms with Gasteiger partial charge in [0.15, 0.2) is 9.84 Å². The fourth-order valence-corrected chi connectivity index (χ4v) is 5.43. The van der Waals surface area contributed by atoms with E-state index in [4.69, 9.17) is 16.3 Å². The summed E-state index contributed by atoms with van der Waals surface area (Å²) in [5.41, 5.74) is 1.43. The summed E-state index contributed by atoms with van der Waals surface area (Å²) in [6.07, 6.45) is 3.72. The molecule has 2 aromatic rings. The molecule has 3 rings (SSSR count). The number of hydrogen-bond donors (Lipinski definition) is 0. The normalized spacial score (nSPS) is 17.6. The number of benzene rings is 2. The van der Waals surface area contributed by atoms with Gasteiger partial charge >= 0.3 is 0 Å². The number of amides is 1. The van der Waals surface area contributed by atoms with Crippen LogP contribution in [-0.2, 0) is 16.4 Å². The topological polar surface area (TPSA) is 63.7 Å². The zero-order chi connectivity index (χ0) is 21.6. The third-order valence-corrected chi connectivity index (χ3v) is 7.30. The maximum absolute atomic E-state index is 13.3. The highest BCUT2D eigenvalue weighted by Gasteiger charge is 2.35. The summed E-state index contributed by atoms with van der Waals surface area (Å²) >= 11 is 5.97. The highest BCUT2D eigenvalue weighted by molar-refractivity contribution is 7.91. The molecule has 0 aromatic heterocycles. The van der Waals surface area contributed by atoms with E-state index in [-0.39, 0.29) is 23.5 Å². The Labute approximate surface area is 183 Å². The Morgan fingerprint density at radius 3 is 2.40 bits per heavy atom. The summed E-state index contributed by atoms with van der Waals surface area (Å²) in [4.78, 5) is 15.0. The Hall–Kier alpha value is -2.05. The highest BCUT2D eigenvalue weighted by Crippen LogP contribution is 2.24. The van der Waals surface area contributed by atoms with Crippen molar-refractivity contribution < 1.29 is 17.9 Å². The van der Waals surface area contributed by atoms with Crippen molar-refractivity contribution in [3.8, 4) is 5.75 Å². The van der Waals surface area contributed by atoms with Gasteiger partial charge in [-0.1, -0.05) is 43.5 Å². The molecule has 1 heterocycles. The monoisotopic (exact) mass is 449 g/mol. The lowest BCUT2D eigenvalue weighted by molar-refractivity contribution is 0.0681. The minimum Gasteiger partial charge on any atom is -0.494 e. The summed E-state index contributed by atoms with van der Waals surface area (Å²) in [5.74, 6) is 0.678. The van der Waals surface area contributed by atoms with E-state index in [0.29, 0.717) is 30.2 Å². The average molecular weight is 450 g/mol. The van der Waals surface area contributed by atoms with Crippen LogP contribution in [0.15, 0.2) is 48.5 Å². The predicted octanol–water partition coefficient (Wildman–Crippen LogP) is 4.74. The fraction of sp³-hybridized carbons (Fsp3) is 0.435. The van der Waals surface area contributed by atoms with Crippen LogP contribution in [0, 0.1) is 0 Å². The first kappa shape index (κ1) is 22.6. The highest BCUT2D eigenvalue weighted by atomic mass is 35.5. The van der Waals surface area contributed by atoms with Crippen LogP contribution >= 0.6 is 11.6 Å². The predicted molar refractivity (Wildman–Crippen MR) is 120 cm³/mol. The van der Waals surface area contributed by atoms with Gasteiger partial charge in [0.1, 0.15) is 5.75 Å². The van der Waals surface area contributed by atoms with E-state index in [1.807, 2.05) is 12.1 Å². The summed E-state index contributed by atoms with van der Waals surface area (Å²) in [6.45, 7) is 3.14. The first-order valence-electron chi connectivity index (χ1n) is 10.4. The van der Waals surface area contributed by atoms with Gasteiger partial charge in [0, 0.05) is 23.2 Å². The molecule has 0 bridgehead atoms. The number of ether oxygens (including phenoxy) is 1. The number of rotatable bonds is 9. The standard InChI is InChI=1S/C23H28ClNO4S/c1-2-3-4-14-29-22-11-7-19(8-12-22)23(26)25(21-13-15-30(27,28)17-21)16-18-5-9-20(24)10-6-18/h5-12,21H,2-4,13-17H2,1H3. The molecule has 1 saturated heterocycles. The van der Waals surface area contributed by atoms with E-state index in [0.717, 1.165) is 30.6 Å². The third-order valence-electron chi connectivity index (χ3n) is 5.29. The summed E-state index contributed by atoms with van der Waals surface area (Å²) < 4.78 is 29.8. The van der Waals surface area contributed by atoms with Gasteiger partial charge in [0.05, 0.1) is 18.1 Å². The molecule has 7 heteroatoms. The molecule has 0 radical (unpaired) electrons. The quantitative estimate of drug-likeness (QED) is 0.519. The maximum Gasteiger partial charge on any atom is 0.254 e. The summed E-state index contributed by atoms with van der Waals surface area (Å²) in [5, 5.41) is 0.620. The number of halogens is 1. The number of sulfone groups is 1. The van der Waals surface area contributed by atoms with Crippen molar-refractivity contribution in [3.63, 3.8) is 0 Å². The van der Waals surface area contributed by atoms with Gasteiger partial charge < -0.3 is 9.64 Å². The van der Waals surface area contributed by atoms with E-state index >= 15 is 0 Å². The second-order valence-electron chi connectivity index (χ2n) is 7.70. The average Bonchev–Trinajstić information content (AvgIpc) is 3.10. The molecule has 0 aliphatic carbocycles. The van der Waals surface area contributed by atoms with Gasteiger partial charge in [-0.2, -0.15) is 0 Å². The fourth-order valence-electron chi connectivity index (χ4n) is 3.58. The largest absolute Gasteiger partial charge is 0.494 e. The lowest BCUT2D eigenvalue weighted by atomic mass is 10.1. The SMILES string of the molecule is CCCCCOc1ccc(C(=O)N(Cc2ccc(Cl)cc2)C2CCS(=O)(=O)C2)cc1. The first-order valence-corrected chi connectivity index (χ1v) is 12.6. The van der Waals surface area contributed by atoms with Crippen LogP contribution in [0.25, 0.3) is 0 Å². The Morgan fingerprint density at radius 2 is 1.80 bits per heavy atom. The lowest BCUT2D eigenvalue weighted by Crippen LogP contribution is -2.40. The smallest absolute Gasteiger partial charge is 0.254 e. The number of carbonyl (C=O) groups excluding carboxylic acids is 1. The van der Waals surface area contributed by atoms with Gasteiger partial charge in [0.2, 0.25) is 0 Å². The Bertz CT molecular complexity index is 942. The zero-order valence-electron chi connectivity index (χ0n) is 17.2. The lowest BCUT2D eigenvalue weighted by Gasteiger charge is -2.28. The van der Waals surface area contributed by atoms with E-state index in [2.05, 4.69) is 6.92 Å². The molecule has 0 spiro atoms. The number of hydrogen-bond acceptors (Lipinski definition) is 4. The van der Waals surface area contributed by atoms with Crippen LogP contribution in [0.2, 0.25) is 5.02 Å². The van der Waals surface area contributed by atoms with Gasteiger partial charge in [-0.05, 0) is 54.8 Å². The molecule has 0 saturated carbocycles. The van der Waals surface area contributed by atoms with E-state index in [1.54, 1.807) is 41.3 Å². The van der Waals surface area contributed by atoms with Gasteiger partial charge in [0.25, 0.3) is 5.91 Å². The Balaban J connectivity index is 1.75. The zero-order valence-corrected chi connectivity index (χ0v) is 18.8. The third kappa shape index (κ3) is 6.22. The minimum absolute atomic E-state index is 0.00491. The Kier molecular flexibility index (Phi) is 7.78. The molecule has 1 amide bonds. The van der Waals surface area contributed by atoms with Gasteiger partial charge in [-0.3, -0.25) is 4.79 Å². The Morgan fingerprint density at radius 1 is 1.10 bits per heavy atom. The molecule has 5 nitrogen and oxygen atoms in total. The molecule has 162 valence electrons. The van der Waals surface area contributed by atoms with E-state index in [9.17, 15) is 13.2 Å². The van der Waals surface area contributed by atoms with E-state index in [1.165, 1.54) is 0 Å². The van der Waals surface area contributed by atoms with Crippen molar-refractivity contribution in [3.05, 3.63) is 64.7 Å². The summed E-state index contributed by atoms with van der Waals surface area (Å²) in [6, 6.07) is 14.0. The molecule has 30 heavy (non-hydrogen) atoms. The van der Waals surface area contributed by atoms with Crippen LogP contribution in [0.3, 0.4) is 0 Å².